The van der Waals surface area contributed by atoms with Gasteiger partial charge in [-0.05, 0) is 24.0 Å². The van der Waals surface area contributed by atoms with E-state index in [-0.39, 0.29) is 5.56 Å². The predicted octanol–water partition coefficient (Wildman–Crippen LogP) is 3.08. The Balaban J connectivity index is 1.72. The average Bonchev–Trinajstić information content (AvgIpc) is 3.16. The fraction of sp³-hybridized carbons (Fsp3) is 0.214. The van der Waals surface area contributed by atoms with Gasteiger partial charge in [-0.15, -0.1) is 0 Å². The quantitative estimate of drug-likeness (QED) is 0.731. The lowest BCUT2D eigenvalue weighted by atomic mass is 10.1. The summed E-state index contributed by atoms with van der Waals surface area (Å²) in [5, 5.41) is 0. The zero-order valence-corrected chi connectivity index (χ0v) is 11.9. The van der Waals surface area contributed by atoms with Gasteiger partial charge in [0.25, 0.3) is 5.56 Å². The molecule has 3 aromatic rings. The van der Waals surface area contributed by atoms with Crippen LogP contribution < -0.4 is 5.56 Å². The molecular weight excluding hydrogens is 294 g/mol. The molecule has 0 aliphatic heterocycles. The van der Waals surface area contributed by atoms with Gasteiger partial charge in [-0.2, -0.15) is 0 Å². The monoisotopic (exact) mass is 303 g/mol. The summed E-state index contributed by atoms with van der Waals surface area (Å²) in [6.45, 7) is 0. The van der Waals surface area contributed by atoms with Gasteiger partial charge in [-0.25, -0.2) is 4.98 Å². The van der Waals surface area contributed by atoms with Crippen LogP contribution in [0.3, 0.4) is 0 Å². The Morgan fingerprint density at radius 3 is 3.10 bits per heavy atom. The average molecular weight is 304 g/mol. The molecule has 0 saturated heterocycles. The highest BCUT2D eigenvalue weighted by Gasteiger charge is 2.41. The van der Waals surface area contributed by atoms with Crippen molar-refractivity contribution in [3.05, 3.63) is 62.7 Å². The summed E-state index contributed by atoms with van der Waals surface area (Å²) < 4.78 is 2.07. The molecule has 0 N–H and O–H groups in total. The van der Waals surface area contributed by atoms with Crippen molar-refractivity contribution in [3.8, 4) is 0 Å². The molecule has 4 nitrogen and oxygen atoms in total. The molecule has 2 atom stereocenters. The van der Waals surface area contributed by atoms with Gasteiger partial charge in [-0.1, -0.05) is 29.0 Å². The summed E-state index contributed by atoms with van der Waals surface area (Å²) in [4.78, 5) is 21.4. The highest BCUT2D eigenvalue weighted by Crippen LogP contribution is 2.53. The topological polar surface area (TPSA) is 47.3 Å². The normalized spacial score (nSPS) is 21.2. The van der Waals surface area contributed by atoms with Gasteiger partial charge in [0, 0.05) is 30.6 Å². The van der Waals surface area contributed by atoms with Crippen LogP contribution in [0.1, 0.15) is 29.5 Å². The van der Waals surface area contributed by atoms with Gasteiger partial charge in [0.15, 0.2) is 4.96 Å². The smallest absolute Gasteiger partial charge is 0.258 e. The van der Waals surface area contributed by atoms with Crippen molar-refractivity contribution < 1.29 is 0 Å². The summed E-state index contributed by atoms with van der Waals surface area (Å²) in [6.07, 6.45) is 6.29. The molecule has 2 unspecified atom stereocenters. The number of hydrogen-bond acceptors (Lipinski definition) is 4. The minimum absolute atomic E-state index is 0.0648. The summed E-state index contributed by atoms with van der Waals surface area (Å²) >= 11 is 7.27. The maximum absolute atomic E-state index is 12.0. The van der Waals surface area contributed by atoms with Crippen LogP contribution in [0.5, 0.6) is 0 Å². The van der Waals surface area contributed by atoms with Crippen LogP contribution in [0.4, 0.5) is 0 Å². The Morgan fingerprint density at radius 1 is 1.40 bits per heavy atom. The number of hydrogen-bond donors (Lipinski definition) is 0. The van der Waals surface area contributed by atoms with E-state index in [1.54, 1.807) is 18.5 Å². The molecule has 1 aliphatic rings. The predicted molar refractivity (Wildman–Crippen MR) is 78.7 cm³/mol. The molecule has 20 heavy (non-hydrogen) atoms. The standard InChI is InChI=1S/C14H10ClN3OS/c15-12-7-18-13(19)5-11(17-14(18)20-12)10-4-9(10)8-2-1-3-16-6-8/h1-3,5-7,9-10H,4H2. The Morgan fingerprint density at radius 2 is 2.30 bits per heavy atom. The molecule has 4 rings (SSSR count). The van der Waals surface area contributed by atoms with Gasteiger partial charge in [0.2, 0.25) is 0 Å². The second-order valence-electron chi connectivity index (χ2n) is 4.94. The first-order chi connectivity index (χ1) is 9.72. The van der Waals surface area contributed by atoms with Crippen molar-refractivity contribution in [3.63, 3.8) is 0 Å². The molecule has 6 heteroatoms. The summed E-state index contributed by atoms with van der Waals surface area (Å²) in [5.41, 5.74) is 2.01. The first-order valence-corrected chi connectivity index (χ1v) is 7.50. The molecule has 3 aromatic heterocycles. The van der Waals surface area contributed by atoms with Crippen LogP contribution in [-0.4, -0.2) is 14.4 Å². The van der Waals surface area contributed by atoms with Crippen molar-refractivity contribution in [2.24, 2.45) is 0 Å². The number of rotatable bonds is 2. The summed E-state index contributed by atoms with van der Waals surface area (Å²) in [7, 11) is 0. The minimum Gasteiger partial charge on any atom is -0.269 e. The van der Waals surface area contributed by atoms with Gasteiger partial charge < -0.3 is 0 Å². The molecule has 0 aromatic carbocycles. The molecule has 1 saturated carbocycles. The highest BCUT2D eigenvalue weighted by atomic mass is 35.5. The van der Waals surface area contributed by atoms with Gasteiger partial charge in [0.05, 0.1) is 5.69 Å². The third-order valence-electron chi connectivity index (χ3n) is 3.64. The maximum Gasteiger partial charge on any atom is 0.258 e. The van der Waals surface area contributed by atoms with Crippen LogP contribution in [0.25, 0.3) is 4.96 Å². The molecule has 1 aliphatic carbocycles. The zero-order chi connectivity index (χ0) is 13.7. The first-order valence-electron chi connectivity index (χ1n) is 6.31. The SMILES string of the molecule is O=c1cc(C2CC2c2cccnc2)nc2sc(Cl)cn12. The van der Waals surface area contributed by atoms with Crippen molar-refractivity contribution in [2.45, 2.75) is 18.3 Å². The molecule has 0 amide bonds. The highest BCUT2D eigenvalue weighted by molar-refractivity contribution is 7.20. The van der Waals surface area contributed by atoms with E-state index in [0.717, 1.165) is 12.1 Å². The number of pyridine rings is 1. The third-order valence-corrected chi connectivity index (χ3v) is 4.74. The Hall–Kier alpha value is -1.72. The molecule has 0 radical (unpaired) electrons. The van der Waals surface area contributed by atoms with E-state index in [1.165, 1.54) is 21.3 Å². The Bertz CT molecular complexity index is 842. The lowest BCUT2D eigenvalue weighted by Gasteiger charge is -2.00. The van der Waals surface area contributed by atoms with Gasteiger partial charge >= 0.3 is 0 Å². The van der Waals surface area contributed by atoms with Crippen molar-refractivity contribution in [1.29, 1.82) is 0 Å². The number of nitrogens with zero attached hydrogens (tertiary/aromatic N) is 3. The fourth-order valence-corrected chi connectivity index (χ4v) is 3.60. The van der Waals surface area contributed by atoms with Crippen LogP contribution in [-0.2, 0) is 0 Å². The first kappa shape index (κ1) is 12.1. The molecule has 3 heterocycles. The van der Waals surface area contributed by atoms with Crippen molar-refractivity contribution in [2.75, 3.05) is 0 Å². The van der Waals surface area contributed by atoms with E-state index < -0.39 is 0 Å². The van der Waals surface area contributed by atoms with Crippen LogP contribution in [0, 0.1) is 0 Å². The Labute approximate surface area is 123 Å². The lowest BCUT2D eigenvalue weighted by Crippen LogP contribution is -2.12. The van der Waals surface area contributed by atoms with E-state index in [1.807, 2.05) is 12.3 Å². The molecule has 1 fully saturated rings. The van der Waals surface area contributed by atoms with Gasteiger partial charge in [-0.3, -0.25) is 14.2 Å². The molecule has 0 bridgehead atoms. The van der Waals surface area contributed by atoms with Crippen molar-refractivity contribution >= 4 is 27.9 Å². The second kappa shape index (κ2) is 4.40. The van der Waals surface area contributed by atoms with Gasteiger partial charge in [0.1, 0.15) is 4.34 Å². The van der Waals surface area contributed by atoms with E-state index in [9.17, 15) is 4.79 Å². The molecule has 100 valence electrons. The third kappa shape index (κ3) is 1.94. The van der Waals surface area contributed by atoms with Crippen molar-refractivity contribution in [1.82, 2.24) is 14.4 Å². The fourth-order valence-electron chi connectivity index (χ4n) is 2.57. The number of aromatic nitrogens is 3. The number of thiazole rings is 1. The van der Waals surface area contributed by atoms with Crippen LogP contribution >= 0.6 is 22.9 Å². The minimum atomic E-state index is -0.0648. The van der Waals surface area contributed by atoms with E-state index in [2.05, 4.69) is 16.0 Å². The van der Waals surface area contributed by atoms with E-state index in [4.69, 9.17) is 11.6 Å². The lowest BCUT2D eigenvalue weighted by molar-refractivity contribution is 0.936. The number of halogens is 1. The largest absolute Gasteiger partial charge is 0.269 e. The second-order valence-corrected chi connectivity index (χ2v) is 6.58. The maximum atomic E-state index is 12.0. The number of fused-ring (bicyclic) bond motifs is 1. The van der Waals surface area contributed by atoms with Crippen LogP contribution in [0.2, 0.25) is 4.34 Å². The van der Waals surface area contributed by atoms with Crippen LogP contribution in [0.15, 0.2) is 41.6 Å². The summed E-state index contributed by atoms with van der Waals surface area (Å²) in [5.74, 6) is 0.742. The zero-order valence-electron chi connectivity index (χ0n) is 10.4. The molecular formula is C14H10ClN3OS. The Kier molecular flexibility index (Phi) is 2.65. The van der Waals surface area contributed by atoms with E-state index >= 15 is 0 Å². The summed E-state index contributed by atoms with van der Waals surface area (Å²) in [6, 6.07) is 5.64. The van der Waals surface area contributed by atoms with E-state index in [0.29, 0.717) is 21.1 Å². The molecule has 0 spiro atoms.